The van der Waals surface area contributed by atoms with Crippen LogP contribution >= 0.6 is 23.2 Å². The summed E-state index contributed by atoms with van der Waals surface area (Å²) in [6.07, 6.45) is 5.33. The van der Waals surface area contributed by atoms with Gasteiger partial charge >= 0.3 is 0 Å². The van der Waals surface area contributed by atoms with E-state index in [0.29, 0.717) is 16.0 Å². The summed E-state index contributed by atoms with van der Waals surface area (Å²) in [6.45, 7) is 0. The first-order valence-electron chi connectivity index (χ1n) is 7.71. The molecule has 1 aliphatic carbocycles. The van der Waals surface area contributed by atoms with E-state index in [0.717, 1.165) is 23.2 Å². The van der Waals surface area contributed by atoms with E-state index in [1.807, 2.05) is 18.2 Å². The Morgan fingerprint density at radius 1 is 1.17 bits per heavy atom. The highest BCUT2D eigenvalue weighted by molar-refractivity contribution is 6.36. The number of nitro groups is 1. The number of anilines is 1. The molecule has 1 heterocycles. The number of hydrogen-bond donors (Lipinski definition) is 1. The molecule has 0 fully saturated rings. The van der Waals surface area contributed by atoms with Crippen molar-refractivity contribution < 1.29 is 4.92 Å². The Hall–Kier alpha value is -2.04. The molecule has 3 atom stereocenters. The molecule has 0 amide bonds. The van der Waals surface area contributed by atoms with Gasteiger partial charge in [-0.15, -0.1) is 0 Å². The van der Waals surface area contributed by atoms with E-state index >= 15 is 0 Å². The van der Waals surface area contributed by atoms with Crippen LogP contribution in [0.2, 0.25) is 10.0 Å². The maximum Gasteiger partial charge on any atom is 0.269 e. The van der Waals surface area contributed by atoms with Crippen molar-refractivity contribution in [3.8, 4) is 0 Å². The van der Waals surface area contributed by atoms with Crippen LogP contribution in [-0.2, 0) is 0 Å². The van der Waals surface area contributed by atoms with E-state index in [4.69, 9.17) is 23.2 Å². The fraction of sp³-hybridized carbons (Fsp3) is 0.222. The van der Waals surface area contributed by atoms with Gasteiger partial charge in [0, 0.05) is 23.1 Å². The Bertz CT molecular complexity index is 849. The van der Waals surface area contributed by atoms with Crippen LogP contribution < -0.4 is 5.32 Å². The molecule has 6 heteroatoms. The molecule has 0 spiro atoms. The molecule has 0 bridgehead atoms. The van der Waals surface area contributed by atoms with Gasteiger partial charge in [0.2, 0.25) is 0 Å². The predicted molar refractivity (Wildman–Crippen MR) is 95.9 cm³/mol. The normalized spacial score (nSPS) is 24.2. The molecule has 2 aliphatic rings. The minimum absolute atomic E-state index is 0.0528. The van der Waals surface area contributed by atoms with E-state index in [9.17, 15) is 10.1 Å². The van der Waals surface area contributed by atoms with E-state index in [2.05, 4.69) is 17.5 Å². The minimum atomic E-state index is -0.383. The second kappa shape index (κ2) is 5.80. The van der Waals surface area contributed by atoms with Gasteiger partial charge in [-0.3, -0.25) is 10.1 Å². The third kappa shape index (κ3) is 2.46. The Balaban J connectivity index is 1.76. The van der Waals surface area contributed by atoms with E-state index < -0.39 is 0 Å². The largest absolute Gasteiger partial charge is 0.376 e. The number of hydrogen-bond acceptors (Lipinski definition) is 3. The highest BCUT2D eigenvalue weighted by Crippen LogP contribution is 2.52. The standard InChI is InChI=1S/C18H14Cl2N2O2/c19-11-8-15-13-2-1-3-14(13)17(21-18(15)16(20)9-11)10-4-6-12(7-5-10)22(23)24/h1-2,4-9,13-14,17,21H,3H2/t13-,14+,17-/m0/s1. The second-order valence-corrected chi connectivity index (χ2v) is 7.02. The molecule has 1 aliphatic heterocycles. The van der Waals surface area contributed by atoms with Crippen LogP contribution in [-0.4, -0.2) is 4.92 Å². The summed E-state index contributed by atoms with van der Waals surface area (Å²) in [7, 11) is 0. The fourth-order valence-corrected chi connectivity index (χ4v) is 4.32. The topological polar surface area (TPSA) is 55.2 Å². The van der Waals surface area contributed by atoms with Gasteiger partial charge < -0.3 is 5.32 Å². The van der Waals surface area contributed by atoms with Gasteiger partial charge in [-0.05, 0) is 35.6 Å². The lowest BCUT2D eigenvalue weighted by Gasteiger charge is -2.38. The van der Waals surface area contributed by atoms with E-state index in [-0.39, 0.29) is 22.6 Å². The first-order chi connectivity index (χ1) is 11.5. The summed E-state index contributed by atoms with van der Waals surface area (Å²) < 4.78 is 0. The molecule has 1 N–H and O–H groups in total. The smallest absolute Gasteiger partial charge is 0.269 e. The number of nitrogens with one attached hydrogen (secondary N) is 1. The molecule has 2 aromatic carbocycles. The van der Waals surface area contributed by atoms with Crippen molar-refractivity contribution in [2.75, 3.05) is 5.32 Å². The molecule has 4 nitrogen and oxygen atoms in total. The van der Waals surface area contributed by atoms with Crippen molar-refractivity contribution in [1.29, 1.82) is 0 Å². The molecule has 0 aromatic heterocycles. The molecule has 0 unspecified atom stereocenters. The van der Waals surface area contributed by atoms with Crippen molar-refractivity contribution in [1.82, 2.24) is 0 Å². The summed E-state index contributed by atoms with van der Waals surface area (Å²) >= 11 is 12.6. The molecule has 0 radical (unpaired) electrons. The Morgan fingerprint density at radius 3 is 2.62 bits per heavy atom. The van der Waals surface area contributed by atoms with Gasteiger partial charge in [0.25, 0.3) is 5.69 Å². The number of nitrogens with zero attached hydrogens (tertiary/aromatic N) is 1. The van der Waals surface area contributed by atoms with Crippen molar-refractivity contribution in [3.05, 3.63) is 79.8 Å². The van der Waals surface area contributed by atoms with Gasteiger partial charge in [0.1, 0.15) is 0 Å². The second-order valence-electron chi connectivity index (χ2n) is 6.18. The zero-order valence-electron chi connectivity index (χ0n) is 12.6. The van der Waals surface area contributed by atoms with Crippen LogP contribution in [0.25, 0.3) is 0 Å². The number of nitro benzene ring substituents is 1. The van der Waals surface area contributed by atoms with Gasteiger partial charge in [0.05, 0.1) is 21.7 Å². The van der Waals surface area contributed by atoms with E-state index in [1.54, 1.807) is 18.2 Å². The molecule has 4 rings (SSSR count). The highest BCUT2D eigenvalue weighted by atomic mass is 35.5. The first-order valence-corrected chi connectivity index (χ1v) is 8.46. The number of non-ortho nitro benzene ring substituents is 1. The number of halogens is 2. The predicted octanol–water partition coefficient (Wildman–Crippen LogP) is 5.73. The summed E-state index contributed by atoms with van der Waals surface area (Å²) in [5.41, 5.74) is 3.14. The Kier molecular flexibility index (Phi) is 3.74. The molecular formula is C18H14Cl2N2O2. The van der Waals surface area contributed by atoms with Gasteiger partial charge in [-0.1, -0.05) is 47.5 Å². The van der Waals surface area contributed by atoms with Gasteiger partial charge in [-0.25, -0.2) is 0 Å². The summed E-state index contributed by atoms with van der Waals surface area (Å²) in [5.74, 6) is 0.589. The number of rotatable bonds is 2. The van der Waals surface area contributed by atoms with Gasteiger partial charge in [-0.2, -0.15) is 0 Å². The van der Waals surface area contributed by atoms with Crippen LogP contribution in [0.1, 0.15) is 29.5 Å². The number of benzene rings is 2. The van der Waals surface area contributed by atoms with Gasteiger partial charge in [0.15, 0.2) is 0 Å². The molecule has 122 valence electrons. The summed E-state index contributed by atoms with van der Waals surface area (Å²) in [4.78, 5) is 10.5. The van der Waals surface area contributed by atoms with E-state index in [1.165, 1.54) is 0 Å². The molecule has 0 saturated carbocycles. The lowest BCUT2D eigenvalue weighted by molar-refractivity contribution is -0.384. The lowest BCUT2D eigenvalue weighted by atomic mass is 9.77. The maximum atomic E-state index is 10.9. The molecular weight excluding hydrogens is 347 g/mol. The number of fused-ring (bicyclic) bond motifs is 3. The molecule has 24 heavy (non-hydrogen) atoms. The zero-order chi connectivity index (χ0) is 16.8. The molecule has 0 saturated heterocycles. The molecule has 2 aromatic rings. The average molecular weight is 361 g/mol. The first kappa shape index (κ1) is 15.5. The highest BCUT2D eigenvalue weighted by Gasteiger charge is 2.38. The van der Waals surface area contributed by atoms with Crippen LogP contribution in [0, 0.1) is 16.0 Å². The van der Waals surface area contributed by atoms with Crippen LogP contribution in [0.3, 0.4) is 0 Å². The Labute approximate surface area is 149 Å². The third-order valence-corrected chi connectivity index (χ3v) is 5.36. The third-order valence-electron chi connectivity index (χ3n) is 4.85. The monoisotopic (exact) mass is 360 g/mol. The van der Waals surface area contributed by atoms with Crippen LogP contribution in [0.15, 0.2) is 48.6 Å². The van der Waals surface area contributed by atoms with Crippen molar-refractivity contribution in [3.63, 3.8) is 0 Å². The number of allylic oxidation sites excluding steroid dienone is 2. The quantitative estimate of drug-likeness (QED) is 0.422. The minimum Gasteiger partial charge on any atom is -0.376 e. The SMILES string of the molecule is O=[N+]([O-])c1ccc([C@@H]2Nc3c(Cl)cc(Cl)cc3[C@H]3C=CC[C@H]32)cc1. The van der Waals surface area contributed by atoms with Crippen LogP contribution in [0.5, 0.6) is 0 Å². The van der Waals surface area contributed by atoms with Crippen molar-refractivity contribution in [2.45, 2.75) is 18.4 Å². The zero-order valence-corrected chi connectivity index (χ0v) is 14.1. The van der Waals surface area contributed by atoms with Crippen molar-refractivity contribution in [2.24, 2.45) is 5.92 Å². The summed E-state index contributed by atoms with van der Waals surface area (Å²) in [5, 5.41) is 15.6. The van der Waals surface area contributed by atoms with Crippen molar-refractivity contribution >= 4 is 34.6 Å². The Morgan fingerprint density at radius 2 is 1.92 bits per heavy atom. The maximum absolute atomic E-state index is 10.9. The van der Waals surface area contributed by atoms with Crippen LogP contribution in [0.4, 0.5) is 11.4 Å². The average Bonchev–Trinajstić information content (AvgIpc) is 3.04. The fourth-order valence-electron chi connectivity index (χ4n) is 3.75. The summed E-state index contributed by atoms with van der Waals surface area (Å²) in [6, 6.07) is 10.5. The lowest BCUT2D eigenvalue weighted by Crippen LogP contribution is -2.29.